The van der Waals surface area contributed by atoms with Gasteiger partial charge < -0.3 is 5.32 Å². The van der Waals surface area contributed by atoms with E-state index in [4.69, 9.17) is 0 Å². The van der Waals surface area contributed by atoms with Crippen molar-refractivity contribution in [2.75, 3.05) is 13.1 Å². The molecule has 112 valence electrons. The fourth-order valence-electron chi connectivity index (χ4n) is 3.21. The summed E-state index contributed by atoms with van der Waals surface area (Å²) in [6.45, 7) is 4.36. The summed E-state index contributed by atoms with van der Waals surface area (Å²) >= 11 is 4.94. The van der Waals surface area contributed by atoms with Gasteiger partial charge >= 0.3 is 0 Å². The molecular formula is C13H19BrN2O2S2. The van der Waals surface area contributed by atoms with Crippen molar-refractivity contribution in [3.63, 3.8) is 0 Å². The highest BCUT2D eigenvalue weighted by Crippen LogP contribution is 2.42. The van der Waals surface area contributed by atoms with Crippen LogP contribution in [0.4, 0.5) is 0 Å². The minimum atomic E-state index is -3.34. The van der Waals surface area contributed by atoms with Crippen LogP contribution in [0, 0.1) is 5.92 Å². The first-order valence-corrected chi connectivity index (χ1v) is 10.1. The van der Waals surface area contributed by atoms with Crippen LogP contribution in [0.1, 0.15) is 31.1 Å². The number of rotatable bonds is 5. The van der Waals surface area contributed by atoms with Crippen molar-refractivity contribution in [1.82, 2.24) is 9.62 Å². The summed E-state index contributed by atoms with van der Waals surface area (Å²) in [6.07, 6.45) is 3.26. The zero-order valence-electron chi connectivity index (χ0n) is 11.4. The molecule has 2 heterocycles. The number of thiophene rings is 1. The number of nitrogens with one attached hydrogen (secondary N) is 1. The third-order valence-electron chi connectivity index (χ3n) is 4.20. The quantitative estimate of drug-likeness (QED) is 0.856. The summed E-state index contributed by atoms with van der Waals surface area (Å²) in [4.78, 5) is 1.50. The zero-order chi connectivity index (χ0) is 14.3. The molecule has 1 aromatic rings. The maximum absolute atomic E-state index is 12.8. The molecule has 0 spiro atoms. The molecule has 3 rings (SSSR count). The lowest BCUT2D eigenvalue weighted by Gasteiger charge is -2.25. The molecule has 1 saturated heterocycles. The standard InChI is InChI=1S/C13H19BrN2O2S2/c1-2-15-7-11-6-12(13(14)19-11)20(17,18)16-8-9-3-4-10(16)5-9/h6,9-10,15H,2-5,7-8H2,1H3. The lowest BCUT2D eigenvalue weighted by Crippen LogP contribution is -2.37. The SMILES string of the molecule is CCNCc1cc(S(=O)(=O)N2CC3CCC2C3)c(Br)s1. The van der Waals surface area contributed by atoms with E-state index in [0.717, 1.165) is 34.6 Å². The molecular weight excluding hydrogens is 360 g/mol. The molecule has 2 bridgehead atoms. The van der Waals surface area contributed by atoms with Crippen molar-refractivity contribution < 1.29 is 8.42 Å². The second kappa shape index (κ2) is 5.68. The molecule has 2 aliphatic rings. The van der Waals surface area contributed by atoms with Crippen molar-refractivity contribution in [3.8, 4) is 0 Å². The van der Waals surface area contributed by atoms with E-state index in [2.05, 4.69) is 21.2 Å². The number of halogens is 1. The van der Waals surface area contributed by atoms with Crippen molar-refractivity contribution in [3.05, 3.63) is 14.7 Å². The Hall–Kier alpha value is 0.0500. The van der Waals surface area contributed by atoms with E-state index in [-0.39, 0.29) is 6.04 Å². The van der Waals surface area contributed by atoms with Crippen LogP contribution < -0.4 is 5.32 Å². The molecule has 2 unspecified atom stereocenters. The topological polar surface area (TPSA) is 49.4 Å². The van der Waals surface area contributed by atoms with Crippen LogP contribution >= 0.6 is 27.3 Å². The summed E-state index contributed by atoms with van der Waals surface area (Å²) < 4.78 is 28.1. The summed E-state index contributed by atoms with van der Waals surface area (Å²) in [5, 5.41) is 3.23. The van der Waals surface area contributed by atoms with Crippen molar-refractivity contribution in [2.45, 2.75) is 43.7 Å². The Morgan fingerprint density at radius 2 is 2.30 bits per heavy atom. The number of piperidine rings is 1. The smallest absolute Gasteiger partial charge is 0.245 e. The average molecular weight is 379 g/mol. The van der Waals surface area contributed by atoms with E-state index in [1.165, 1.54) is 17.8 Å². The summed E-state index contributed by atoms with van der Waals surface area (Å²) in [6, 6.07) is 2.05. The highest BCUT2D eigenvalue weighted by atomic mass is 79.9. The molecule has 20 heavy (non-hydrogen) atoms. The molecule has 1 aromatic heterocycles. The van der Waals surface area contributed by atoms with Gasteiger partial charge in [0.1, 0.15) is 4.90 Å². The van der Waals surface area contributed by atoms with Crippen LogP contribution in [0.3, 0.4) is 0 Å². The predicted molar refractivity (Wildman–Crippen MR) is 84.4 cm³/mol. The Bertz CT molecular complexity index is 600. The van der Waals surface area contributed by atoms with E-state index in [1.807, 2.05) is 13.0 Å². The van der Waals surface area contributed by atoms with Gasteiger partial charge in [-0.25, -0.2) is 8.42 Å². The van der Waals surface area contributed by atoms with Crippen LogP contribution in [0.5, 0.6) is 0 Å². The Kier molecular flexibility index (Phi) is 4.25. The van der Waals surface area contributed by atoms with E-state index in [0.29, 0.717) is 17.4 Å². The number of nitrogens with zero attached hydrogens (tertiary/aromatic N) is 1. The molecule has 1 aliphatic carbocycles. The summed E-state index contributed by atoms with van der Waals surface area (Å²) in [5.41, 5.74) is 0. The third-order valence-corrected chi connectivity index (χ3v) is 8.37. The van der Waals surface area contributed by atoms with Gasteiger partial charge in [-0.1, -0.05) is 6.92 Å². The molecule has 1 aliphatic heterocycles. The van der Waals surface area contributed by atoms with Gasteiger partial charge in [-0.2, -0.15) is 4.31 Å². The van der Waals surface area contributed by atoms with Gasteiger partial charge in [0.05, 0.1) is 3.79 Å². The molecule has 1 N–H and O–H groups in total. The Balaban J connectivity index is 1.86. The van der Waals surface area contributed by atoms with Gasteiger partial charge in [-0.3, -0.25) is 0 Å². The first-order valence-electron chi connectivity index (χ1n) is 7.03. The summed E-state index contributed by atoms with van der Waals surface area (Å²) in [7, 11) is -3.34. The minimum Gasteiger partial charge on any atom is -0.312 e. The number of hydrogen-bond acceptors (Lipinski definition) is 4. The lowest BCUT2D eigenvalue weighted by atomic mass is 10.1. The molecule has 2 fully saturated rings. The fraction of sp³-hybridized carbons (Fsp3) is 0.692. The maximum atomic E-state index is 12.8. The third kappa shape index (κ3) is 2.59. The number of sulfonamides is 1. The largest absolute Gasteiger partial charge is 0.312 e. The van der Waals surface area contributed by atoms with Crippen molar-refractivity contribution >= 4 is 37.3 Å². The fourth-order valence-corrected chi connectivity index (χ4v) is 7.56. The van der Waals surface area contributed by atoms with Crippen LogP contribution in [0.25, 0.3) is 0 Å². The van der Waals surface area contributed by atoms with E-state index in [1.54, 1.807) is 4.31 Å². The van der Waals surface area contributed by atoms with E-state index < -0.39 is 10.0 Å². The highest BCUT2D eigenvalue weighted by Gasteiger charge is 2.45. The number of hydrogen-bond donors (Lipinski definition) is 1. The second-order valence-electron chi connectivity index (χ2n) is 5.54. The Morgan fingerprint density at radius 1 is 1.50 bits per heavy atom. The van der Waals surface area contributed by atoms with Gasteiger partial charge in [0, 0.05) is 24.0 Å². The van der Waals surface area contributed by atoms with Crippen molar-refractivity contribution in [1.29, 1.82) is 0 Å². The Labute approximate surface area is 132 Å². The first-order chi connectivity index (χ1) is 9.52. The second-order valence-corrected chi connectivity index (χ2v) is 9.85. The van der Waals surface area contributed by atoms with Crippen LogP contribution in [-0.2, 0) is 16.6 Å². The Morgan fingerprint density at radius 3 is 2.90 bits per heavy atom. The maximum Gasteiger partial charge on any atom is 0.245 e. The van der Waals surface area contributed by atoms with Crippen LogP contribution in [-0.4, -0.2) is 31.9 Å². The van der Waals surface area contributed by atoms with Gasteiger partial charge in [0.2, 0.25) is 10.0 Å². The van der Waals surface area contributed by atoms with Crippen LogP contribution in [0.2, 0.25) is 0 Å². The first kappa shape index (κ1) is 15.0. The zero-order valence-corrected chi connectivity index (χ0v) is 14.7. The monoisotopic (exact) mass is 378 g/mol. The normalized spacial score (nSPS) is 26.5. The summed E-state index contributed by atoms with van der Waals surface area (Å²) in [5.74, 6) is 0.577. The van der Waals surface area contributed by atoms with Crippen LogP contribution in [0.15, 0.2) is 14.7 Å². The van der Waals surface area contributed by atoms with Gasteiger partial charge in [0.25, 0.3) is 0 Å². The molecule has 0 amide bonds. The molecule has 2 atom stereocenters. The average Bonchev–Trinajstić information content (AvgIpc) is 3.10. The lowest BCUT2D eigenvalue weighted by molar-refractivity contribution is 0.333. The molecule has 4 nitrogen and oxygen atoms in total. The van der Waals surface area contributed by atoms with Gasteiger partial charge in [0.15, 0.2) is 0 Å². The minimum absolute atomic E-state index is 0.231. The molecule has 1 saturated carbocycles. The van der Waals surface area contributed by atoms with Gasteiger partial charge in [-0.15, -0.1) is 11.3 Å². The van der Waals surface area contributed by atoms with Crippen molar-refractivity contribution in [2.24, 2.45) is 5.92 Å². The molecule has 7 heteroatoms. The number of fused-ring (bicyclic) bond motifs is 2. The molecule has 0 aromatic carbocycles. The predicted octanol–water partition coefficient (Wildman–Crippen LogP) is 2.79. The highest BCUT2D eigenvalue weighted by molar-refractivity contribution is 9.11. The van der Waals surface area contributed by atoms with E-state index in [9.17, 15) is 8.42 Å². The van der Waals surface area contributed by atoms with E-state index >= 15 is 0 Å². The molecule has 0 radical (unpaired) electrons. The van der Waals surface area contributed by atoms with Gasteiger partial charge in [-0.05, 0) is 53.7 Å².